The van der Waals surface area contributed by atoms with Crippen LogP contribution in [0.25, 0.3) is 21.9 Å². The third kappa shape index (κ3) is 4.05. The third-order valence-electron chi connectivity index (χ3n) is 6.20. The van der Waals surface area contributed by atoms with Crippen LogP contribution in [0.4, 0.5) is 4.79 Å². The number of carbonyl (C=O) groups excluding carboxylic acids is 1. The summed E-state index contributed by atoms with van der Waals surface area (Å²) in [7, 11) is 0. The molecule has 0 fully saturated rings. The highest BCUT2D eigenvalue weighted by atomic mass is 16.5. The summed E-state index contributed by atoms with van der Waals surface area (Å²) in [6, 6.07) is 20.8. The number of ether oxygens (including phenoxy) is 1. The zero-order valence-electron chi connectivity index (χ0n) is 18.1. The summed E-state index contributed by atoms with van der Waals surface area (Å²) in [5.74, 6) is -0.0666. The number of benzene rings is 3. The number of H-pyrrole nitrogens is 1. The lowest BCUT2D eigenvalue weighted by Gasteiger charge is -2.19. The summed E-state index contributed by atoms with van der Waals surface area (Å²) in [6.45, 7) is -0.0474. The highest BCUT2D eigenvalue weighted by Gasteiger charge is 2.29. The number of aliphatic hydroxyl groups is 2. The van der Waals surface area contributed by atoms with Crippen molar-refractivity contribution in [1.82, 2.24) is 15.5 Å². The number of rotatable bonds is 6. The molecule has 2 unspecified atom stereocenters. The predicted octanol–water partition coefficient (Wildman–Crippen LogP) is 2.86. The van der Waals surface area contributed by atoms with Crippen LogP contribution in [-0.4, -0.2) is 45.8 Å². The minimum Gasteiger partial charge on any atom is -0.449 e. The second kappa shape index (κ2) is 9.09. The molecule has 0 spiro atoms. The highest BCUT2D eigenvalue weighted by Crippen LogP contribution is 2.44. The summed E-state index contributed by atoms with van der Waals surface area (Å²) in [6.07, 6.45) is -1.75. The summed E-state index contributed by atoms with van der Waals surface area (Å²) >= 11 is 0. The van der Waals surface area contributed by atoms with Crippen LogP contribution in [0.15, 0.2) is 77.7 Å². The van der Waals surface area contributed by atoms with Gasteiger partial charge in [0, 0.05) is 17.8 Å². The van der Waals surface area contributed by atoms with Crippen LogP contribution < -0.4 is 10.9 Å². The van der Waals surface area contributed by atoms with Crippen molar-refractivity contribution in [3.05, 3.63) is 100.0 Å². The normalized spacial score (nSPS) is 14.3. The van der Waals surface area contributed by atoms with E-state index in [2.05, 4.69) is 27.6 Å². The molecular weight excluding hydrogens is 434 g/mol. The summed E-state index contributed by atoms with van der Waals surface area (Å²) in [5.41, 5.74) is 4.56. The molecule has 0 aliphatic heterocycles. The standard InChI is InChI=1S/C26H23N3O5/c30-23(24(31)15-9-10-17-16(11-15)12-28-29-25(17)32)13-27-26(33)34-14-22-20-7-3-1-5-18(20)19-6-2-4-8-21(19)22/h1-12,22-24,30-31H,13-14H2,(H,27,33)(H,29,32). The van der Waals surface area contributed by atoms with E-state index in [1.165, 1.54) is 6.20 Å². The molecule has 4 N–H and O–H groups in total. The Morgan fingerprint density at radius 2 is 1.71 bits per heavy atom. The third-order valence-corrected chi connectivity index (χ3v) is 6.20. The van der Waals surface area contributed by atoms with Crippen LogP contribution in [0.5, 0.6) is 0 Å². The van der Waals surface area contributed by atoms with Gasteiger partial charge in [-0.3, -0.25) is 4.79 Å². The maximum Gasteiger partial charge on any atom is 0.407 e. The first kappa shape index (κ1) is 21.8. The molecule has 0 saturated heterocycles. The SMILES string of the molecule is O=C(NCC(O)C(O)c1ccc2c(=O)[nH]ncc2c1)OCC1c2ccccc2-c2ccccc21. The fourth-order valence-electron chi connectivity index (χ4n) is 4.47. The lowest BCUT2D eigenvalue weighted by atomic mass is 9.98. The van der Waals surface area contributed by atoms with Gasteiger partial charge in [-0.1, -0.05) is 54.6 Å². The second-order valence-electron chi connectivity index (χ2n) is 8.26. The Labute approximate surface area is 194 Å². The van der Waals surface area contributed by atoms with Gasteiger partial charge in [-0.05, 0) is 39.9 Å². The summed E-state index contributed by atoms with van der Waals surface area (Å²) < 4.78 is 5.46. The molecule has 172 valence electrons. The number of fused-ring (bicyclic) bond motifs is 4. The number of aromatic nitrogens is 2. The van der Waals surface area contributed by atoms with Crippen LogP contribution in [-0.2, 0) is 4.74 Å². The van der Waals surface area contributed by atoms with Gasteiger partial charge in [0.1, 0.15) is 18.8 Å². The van der Waals surface area contributed by atoms with Gasteiger partial charge in [-0.15, -0.1) is 0 Å². The molecule has 2 atom stereocenters. The average Bonchev–Trinajstić information content (AvgIpc) is 3.19. The van der Waals surface area contributed by atoms with E-state index < -0.39 is 18.3 Å². The molecule has 0 bridgehead atoms. The van der Waals surface area contributed by atoms with Gasteiger partial charge in [-0.2, -0.15) is 5.10 Å². The maximum absolute atomic E-state index is 12.3. The van der Waals surface area contributed by atoms with Crippen LogP contribution in [0.1, 0.15) is 28.7 Å². The number of hydrogen-bond donors (Lipinski definition) is 4. The molecular formula is C26H23N3O5. The van der Waals surface area contributed by atoms with E-state index in [-0.39, 0.29) is 24.6 Å². The van der Waals surface area contributed by atoms with Gasteiger partial charge in [0.05, 0.1) is 11.6 Å². The number of nitrogens with one attached hydrogen (secondary N) is 2. The number of carbonyl (C=O) groups is 1. The first-order valence-electron chi connectivity index (χ1n) is 11.0. The van der Waals surface area contributed by atoms with Crippen molar-refractivity contribution in [1.29, 1.82) is 0 Å². The van der Waals surface area contributed by atoms with Crippen LogP contribution in [0.3, 0.4) is 0 Å². The van der Waals surface area contributed by atoms with Crippen LogP contribution >= 0.6 is 0 Å². The zero-order chi connectivity index (χ0) is 23.7. The number of aliphatic hydroxyl groups excluding tert-OH is 2. The maximum atomic E-state index is 12.3. The first-order valence-corrected chi connectivity index (χ1v) is 11.0. The van der Waals surface area contributed by atoms with Crippen molar-refractivity contribution in [2.24, 2.45) is 0 Å². The minimum absolute atomic E-state index is 0.0666. The molecule has 4 aromatic rings. The molecule has 1 heterocycles. The van der Waals surface area contributed by atoms with E-state index in [1.807, 2.05) is 36.4 Å². The molecule has 1 amide bonds. The van der Waals surface area contributed by atoms with Crippen LogP contribution in [0, 0.1) is 0 Å². The average molecular weight is 457 g/mol. The highest BCUT2D eigenvalue weighted by molar-refractivity contribution is 5.81. The van der Waals surface area contributed by atoms with Gasteiger partial charge in [0.15, 0.2) is 0 Å². The van der Waals surface area contributed by atoms with Crippen molar-refractivity contribution in [3.63, 3.8) is 0 Å². The molecule has 1 aliphatic rings. The Morgan fingerprint density at radius 1 is 1.03 bits per heavy atom. The molecule has 1 aliphatic carbocycles. The van der Waals surface area contributed by atoms with E-state index in [0.29, 0.717) is 16.3 Å². The number of hydrogen-bond acceptors (Lipinski definition) is 6. The molecule has 8 nitrogen and oxygen atoms in total. The van der Waals surface area contributed by atoms with Crippen molar-refractivity contribution in [2.45, 2.75) is 18.1 Å². The van der Waals surface area contributed by atoms with Crippen LogP contribution in [0.2, 0.25) is 0 Å². The topological polar surface area (TPSA) is 125 Å². The Kier molecular flexibility index (Phi) is 5.83. The zero-order valence-corrected chi connectivity index (χ0v) is 18.1. The first-order chi connectivity index (χ1) is 16.5. The van der Waals surface area contributed by atoms with Crippen molar-refractivity contribution >= 4 is 16.9 Å². The van der Waals surface area contributed by atoms with Gasteiger partial charge < -0.3 is 20.3 Å². The largest absolute Gasteiger partial charge is 0.449 e. The van der Waals surface area contributed by atoms with Gasteiger partial charge >= 0.3 is 6.09 Å². The lowest BCUT2D eigenvalue weighted by molar-refractivity contribution is 0.0186. The predicted molar refractivity (Wildman–Crippen MR) is 126 cm³/mol. The summed E-state index contributed by atoms with van der Waals surface area (Å²) in [4.78, 5) is 24.1. The van der Waals surface area contributed by atoms with E-state index in [4.69, 9.17) is 4.74 Å². The smallest absolute Gasteiger partial charge is 0.407 e. The molecule has 3 aromatic carbocycles. The molecule has 5 rings (SSSR count). The second-order valence-corrected chi connectivity index (χ2v) is 8.26. The van der Waals surface area contributed by atoms with E-state index in [1.54, 1.807) is 18.2 Å². The molecule has 0 saturated carbocycles. The van der Waals surface area contributed by atoms with Gasteiger partial charge in [-0.25, -0.2) is 9.89 Å². The fraction of sp³-hybridized carbons (Fsp3) is 0.192. The Hall–Kier alpha value is -4.01. The van der Waals surface area contributed by atoms with Gasteiger partial charge in [0.25, 0.3) is 5.56 Å². The molecule has 0 radical (unpaired) electrons. The number of aromatic amines is 1. The summed E-state index contributed by atoms with van der Waals surface area (Å²) in [5, 5.41) is 30.5. The van der Waals surface area contributed by atoms with Crippen molar-refractivity contribution < 1.29 is 19.7 Å². The lowest BCUT2D eigenvalue weighted by Crippen LogP contribution is -2.36. The Morgan fingerprint density at radius 3 is 2.41 bits per heavy atom. The van der Waals surface area contributed by atoms with E-state index >= 15 is 0 Å². The van der Waals surface area contributed by atoms with E-state index in [9.17, 15) is 19.8 Å². The number of nitrogens with zero attached hydrogens (tertiary/aromatic N) is 1. The fourth-order valence-corrected chi connectivity index (χ4v) is 4.47. The molecule has 8 heteroatoms. The molecule has 1 aromatic heterocycles. The monoisotopic (exact) mass is 457 g/mol. The van der Waals surface area contributed by atoms with Crippen molar-refractivity contribution in [3.8, 4) is 11.1 Å². The molecule has 34 heavy (non-hydrogen) atoms. The quantitative estimate of drug-likeness (QED) is 0.353. The number of amides is 1. The Bertz CT molecular complexity index is 1370. The Balaban J connectivity index is 1.19. The van der Waals surface area contributed by atoms with Gasteiger partial charge in [0.2, 0.25) is 0 Å². The minimum atomic E-state index is -1.27. The van der Waals surface area contributed by atoms with E-state index in [0.717, 1.165) is 22.3 Å². The van der Waals surface area contributed by atoms with Crippen molar-refractivity contribution in [2.75, 3.05) is 13.2 Å². The number of alkyl carbamates (subject to hydrolysis) is 1.